The van der Waals surface area contributed by atoms with Crippen LogP contribution in [0.5, 0.6) is 11.5 Å². The Kier molecular flexibility index (Phi) is 7.01. The van der Waals surface area contributed by atoms with E-state index in [0.717, 1.165) is 72.8 Å². The largest absolute Gasteiger partial charge is 0.457 e. The van der Waals surface area contributed by atoms with Gasteiger partial charge < -0.3 is 18.6 Å². The van der Waals surface area contributed by atoms with E-state index in [0.29, 0.717) is 0 Å². The van der Waals surface area contributed by atoms with E-state index in [1.165, 1.54) is 49.3 Å². The maximum Gasteiger partial charge on any atom is 0.137 e. The minimum atomic E-state index is -0.678. The Hall–Kier alpha value is -8.34. The zero-order chi connectivity index (χ0) is 41.2. The maximum absolute atomic E-state index is 6.96. The smallest absolute Gasteiger partial charge is 0.137 e. The minimum Gasteiger partial charge on any atom is -0.457 e. The van der Waals surface area contributed by atoms with Gasteiger partial charge in [0.25, 0.3) is 0 Å². The van der Waals surface area contributed by atoms with Crippen molar-refractivity contribution in [2.24, 2.45) is 0 Å². The molecule has 4 nitrogen and oxygen atoms in total. The molecule has 0 bridgehead atoms. The normalized spacial score (nSPS) is 14.9. The molecule has 294 valence electrons. The molecule has 2 aliphatic rings. The van der Waals surface area contributed by atoms with Crippen LogP contribution in [0.15, 0.2) is 223 Å². The predicted octanol–water partition coefficient (Wildman–Crippen LogP) is 15.8. The Balaban J connectivity index is 1.07. The number of para-hydroxylation sites is 4. The van der Waals surface area contributed by atoms with Crippen molar-refractivity contribution in [1.29, 1.82) is 0 Å². The molecule has 12 aromatic rings. The molecule has 1 unspecified atom stereocenters. The lowest BCUT2D eigenvalue weighted by atomic mass is 9.58. The maximum atomic E-state index is 6.96. The highest BCUT2D eigenvalue weighted by Crippen LogP contribution is 2.62. The minimum absolute atomic E-state index is 0.678. The second-order valence-electron chi connectivity index (χ2n) is 16.8. The molecule has 1 atom stereocenters. The summed E-state index contributed by atoms with van der Waals surface area (Å²) < 4.78 is 15.9. The van der Waals surface area contributed by atoms with Crippen LogP contribution in [-0.4, -0.2) is 4.57 Å². The van der Waals surface area contributed by atoms with Crippen molar-refractivity contribution < 1.29 is 9.15 Å². The lowest BCUT2D eigenvalue weighted by Crippen LogP contribution is -2.36. The van der Waals surface area contributed by atoms with Gasteiger partial charge >= 0.3 is 0 Å². The zero-order valence-electron chi connectivity index (χ0n) is 34.0. The van der Waals surface area contributed by atoms with E-state index in [2.05, 4.69) is 216 Å². The number of hydrogen-bond acceptors (Lipinski definition) is 3. The highest BCUT2D eigenvalue weighted by molar-refractivity contribution is 6.11. The van der Waals surface area contributed by atoms with E-state index >= 15 is 0 Å². The Morgan fingerprint density at radius 2 is 1.00 bits per heavy atom. The Bertz CT molecular complexity index is 3850. The molecule has 63 heavy (non-hydrogen) atoms. The molecule has 10 aromatic carbocycles. The van der Waals surface area contributed by atoms with Gasteiger partial charge in [0, 0.05) is 61.5 Å². The number of hydrogen-bond donors (Lipinski definition) is 0. The van der Waals surface area contributed by atoms with E-state index in [-0.39, 0.29) is 0 Å². The average molecular weight is 805 g/mol. The molecule has 1 spiro atoms. The zero-order valence-corrected chi connectivity index (χ0v) is 34.0. The van der Waals surface area contributed by atoms with Gasteiger partial charge in [0.2, 0.25) is 0 Å². The molecule has 1 aliphatic heterocycles. The number of aromatic nitrogens is 1. The fraction of sp³-hybridized carbons (Fsp3) is 0.0169. The van der Waals surface area contributed by atoms with Crippen LogP contribution in [0.1, 0.15) is 22.3 Å². The summed E-state index contributed by atoms with van der Waals surface area (Å²) in [5, 5.41) is 7.12. The molecular formula is C59H36N2O2. The van der Waals surface area contributed by atoms with Gasteiger partial charge in [0.05, 0.1) is 16.4 Å². The topological polar surface area (TPSA) is 30.5 Å². The first-order valence-electron chi connectivity index (χ1n) is 21.6. The molecule has 4 heteroatoms. The SMILES string of the molecule is c1ccc(-n2c3ccccc3c3ccc(N(c4ccc5c(c4)C4(c6ccccc6O5)c5ccccc5-c5cccc6cccc4c56)c4ccc5c(c4)oc4ccccc45)cc32)cc1. The van der Waals surface area contributed by atoms with Crippen LogP contribution in [0.2, 0.25) is 0 Å². The fourth-order valence-electron chi connectivity index (χ4n) is 11.1. The Labute approximate surface area is 363 Å². The Morgan fingerprint density at radius 3 is 1.90 bits per heavy atom. The summed E-state index contributed by atoms with van der Waals surface area (Å²) in [7, 11) is 0. The van der Waals surface area contributed by atoms with Gasteiger partial charge in [-0.3, -0.25) is 0 Å². The first-order chi connectivity index (χ1) is 31.2. The van der Waals surface area contributed by atoms with E-state index in [1.807, 2.05) is 12.1 Å². The monoisotopic (exact) mass is 804 g/mol. The quantitative estimate of drug-likeness (QED) is 0.178. The third kappa shape index (κ3) is 4.69. The summed E-state index contributed by atoms with van der Waals surface area (Å²) >= 11 is 0. The molecule has 0 fully saturated rings. The van der Waals surface area contributed by atoms with Crippen molar-refractivity contribution in [2.45, 2.75) is 5.41 Å². The van der Waals surface area contributed by atoms with E-state index < -0.39 is 5.41 Å². The predicted molar refractivity (Wildman–Crippen MR) is 258 cm³/mol. The lowest BCUT2D eigenvalue weighted by Gasteiger charge is -2.45. The van der Waals surface area contributed by atoms with E-state index in [4.69, 9.17) is 9.15 Å². The van der Waals surface area contributed by atoms with Crippen LogP contribution in [0.25, 0.3) is 71.3 Å². The summed E-state index contributed by atoms with van der Waals surface area (Å²) in [5.74, 6) is 1.71. The van der Waals surface area contributed by atoms with Crippen LogP contribution in [0, 0.1) is 0 Å². The number of rotatable bonds is 4. The van der Waals surface area contributed by atoms with E-state index in [9.17, 15) is 0 Å². The van der Waals surface area contributed by atoms with Crippen molar-refractivity contribution in [3.8, 4) is 28.3 Å². The molecule has 2 aromatic heterocycles. The second-order valence-corrected chi connectivity index (χ2v) is 16.8. The summed E-state index contributed by atoms with van der Waals surface area (Å²) in [5.41, 5.74) is 14.7. The van der Waals surface area contributed by atoms with Crippen LogP contribution >= 0.6 is 0 Å². The first kappa shape index (κ1) is 34.4. The molecule has 0 saturated carbocycles. The molecule has 0 amide bonds. The van der Waals surface area contributed by atoms with Gasteiger partial charge in [0.15, 0.2) is 0 Å². The molecule has 0 saturated heterocycles. The number of furan rings is 1. The highest BCUT2D eigenvalue weighted by atomic mass is 16.5. The highest BCUT2D eigenvalue weighted by Gasteiger charge is 2.49. The summed E-state index contributed by atoms with van der Waals surface area (Å²) in [6.45, 7) is 0. The van der Waals surface area contributed by atoms with Crippen molar-refractivity contribution >= 4 is 71.6 Å². The first-order valence-corrected chi connectivity index (χ1v) is 21.6. The van der Waals surface area contributed by atoms with Crippen molar-refractivity contribution in [3.05, 3.63) is 241 Å². The number of anilines is 3. The van der Waals surface area contributed by atoms with Gasteiger partial charge in [-0.05, 0) is 106 Å². The van der Waals surface area contributed by atoms with Crippen molar-refractivity contribution in [1.82, 2.24) is 4.57 Å². The molecular weight excluding hydrogens is 769 g/mol. The molecule has 14 rings (SSSR count). The van der Waals surface area contributed by atoms with Crippen LogP contribution < -0.4 is 9.64 Å². The van der Waals surface area contributed by atoms with Gasteiger partial charge in [-0.15, -0.1) is 0 Å². The lowest BCUT2D eigenvalue weighted by molar-refractivity contribution is 0.435. The summed E-state index contributed by atoms with van der Waals surface area (Å²) in [6, 6.07) is 79.1. The second kappa shape index (κ2) is 12.8. The average Bonchev–Trinajstić information content (AvgIpc) is 3.88. The van der Waals surface area contributed by atoms with Crippen LogP contribution in [-0.2, 0) is 5.41 Å². The number of benzene rings is 10. The van der Waals surface area contributed by atoms with Gasteiger partial charge in [-0.25, -0.2) is 0 Å². The fourth-order valence-corrected chi connectivity index (χ4v) is 11.1. The number of nitrogens with zero attached hydrogens (tertiary/aromatic N) is 2. The standard InChI is InChI=1S/C59H36N2O2/c1-2-16-38(17-3-1)61-52-25-9-5-19-43(52)44-31-28-40(35-53(44)61)60(41-29-32-46-45-20-6-10-26-54(45)62-57(46)36-41)39-30-33-56-51(34-39)59(49-23-8-11-27-55(49)63-56)48-22-7-4-18-42(48)47-21-12-14-37-15-13-24-50(59)58(37)47/h1-36H. The summed E-state index contributed by atoms with van der Waals surface area (Å²) in [4.78, 5) is 2.39. The third-order valence-electron chi connectivity index (χ3n) is 13.6. The van der Waals surface area contributed by atoms with Crippen molar-refractivity contribution in [2.75, 3.05) is 4.90 Å². The van der Waals surface area contributed by atoms with Crippen molar-refractivity contribution in [3.63, 3.8) is 0 Å². The number of ether oxygens (including phenoxy) is 1. The number of fused-ring (bicyclic) bond motifs is 14. The van der Waals surface area contributed by atoms with Gasteiger partial charge in [-0.1, -0.05) is 140 Å². The van der Waals surface area contributed by atoms with Crippen LogP contribution in [0.3, 0.4) is 0 Å². The molecule has 0 N–H and O–H groups in total. The van der Waals surface area contributed by atoms with Gasteiger partial charge in [-0.2, -0.15) is 0 Å². The van der Waals surface area contributed by atoms with Crippen LogP contribution in [0.4, 0.5) is 17.1 Å². The Morgan fingerprint density at radius 1 is 0.381 bits per heavy atom. The molecule has 1 aliphatic carbocycles. The van der Waals surface area contributed by atoms with E-state index in [1.54, 1.807) is 0 Å². The third-order valence-corrected chi connectivity index (χ3v) is 13.6. The molecule has 0 radical (unpaired) electrons. The molecule has 3 heterocycles. The van der Waals surface area contributed by atoms with Gasteiger partial charge in [0.1, 0.15) is 22.7 Å². The summed E-state index contributed by atoms with van der Waals surface area (Å²) in [6.07, 6.45) is 0.